The van der Waals surface area contributed by atoms with Crippen LogP contribution in [0.4, 0.5) is 8.78 Å². The quantitative estimate of drug-likeness (QED) is 0.638. The van der Waals surface area contributed by atoms with E-state index in [-0.39, 0.29) is 5.56 Å². The second-order valence-corrected chi connectivity index (χ2v) is 3.31. The first kappa shape index (κ1) is 9.52. The molecule has 0 aliphatic heterocycles. The topological polar surface area (TPSA) is 0 Å². The highest BCUT2D eigenvalue weighted by Gasteiger charge is 2.12. The lowest BCUT2D eigenvalue weighted by molar-refractivity contribution is 0.148. The molecule has 3 heteroatoms. The first-order valence-corrected chi connectivity index (χ1v) is 4.81. The van der Waals surface area contributed by atoms with E-state index in [0.717, 1.165) is 5.56 Å². The minimum absolute atomic E-state index is 0.141. The van der Waals surface area contributed by atoms with Crippen molar-refractivity contribution in [3.8, 4) is 0 Å². The van der Waals surface area contributed by atoms with E-state index in [1.165, 1.54) is 17.8 Å². The van der Waals surface area contributed by atoms with E-state index in [1.807, 2.05) is 19.2 Å². The van der Waals surface area contributed by atoms with Gasteiger partial charge in [-0.25, -0.2) is 8.78 Å². The van der Waals surface area contributed by atoms with Crippen LogP contribution in [0.5, 0.6) is 0 Å². The average molecular weight is 188 g/mol. The van der Waals surface area contributed by atoms with Crippen molar-refractivity contribution in [3.63, 3.8) is 0 Å². The predicted octanol–water partition coefficient (Wildman–Crippen LogP) is 3.65. The number of benzene rings is 1. The standard InChI is InChI=1S/C9H10F2S/c1-6-4-3-5-7(9(10)11)8(6)12-2/h3-5,9H,1-2H3. The van der Waals surface area contributed by atoms with Gasteiger partial charge in [0.1, 0.15) is 0 Å². The van der Waals surface area contributed by atoms with Gasteiger partial charge in [-0.1, -0.05) is 18.2 Å². The summed E-state index contributed by atoms with van der Waals surface area (Å²) in [5.41, 5.74) is 1.06. The Morgan fingerprint density at radius 2 is 2.00 bits per heavy atom. The van der Waals surface area contributed by atoms with Gasteiger partial charge in [0.15, 0.2) is 0 Å². The van der Waals surface area contributed by atoms with Gasteiger partial charge in [0, 0.05) is 10.5 Å². The van der Waals surface area contributed by atoms with Crippen molar-refractivity contribution in [1.29, 1.82) is 0 Å². The van der Waals surface area contributed by atoms with Crippen LogP contribution in [0.3, 0.4) is 0 Å². The minimum Gasteiger partial charge on any atom is -0.205 e. The first-order chi connectivity index (χ1) is 5.66. The Bertz CT molecular complexity index is 271. The number of hydrogen-bond donors (Lipinski definition) is 0. The lowest BCUT2D eigenvalue weighted by Crippen LogP contribution is -1.90. The van der Waals surface area contributed by atoms with E-state index in [0.29, 0.717) is 4.90 Å². The van der Waals surface area contributed by atoms with Crippen LogP contribution < -0.4 is 0 Å². The maximum absolute atomic E-state index is 12.4. The molecule has 0 bridgehead atoms. The molecule has 0 radical (unpaired) electrons. The number of thioether (sulfide) groups is 1. The third-order valence-electron chi connectivity index (χ3n) is 1.68. The van der Waals surface area contributed by atoms with Gasteiger partial charge in [0.2, 0.25) is 0 Å². The molecule has 66 valence electrons. The summed E-state index contributed by atoms with van der Waals surface area (Å²) in [6, 6.07) is 4.98. The number of aryl methyl sites for hydroxylation is 1. The highest BCUT2D eigenvalue weighted by molar-refractivity contribution is 7.98. The SMILES string of the molecule is CSc1c(C)cccc1C(F)F. The van der Waals surface area contributed by atoms with Gasteiger partial charge < -0.3 is 0 Å². The van der Waals surface area contributed by atoms with Crippen LogP contribution in [-0.2, 0) is 0 Å². The zero-order chi connectivity index (χ0) is 9.14. The van der Waals surface area contributed by atoms with Crippen LogP contribution in [0.15, 0.2) is 23.1 Å². The Kier molecular flexibility index (Phi) is 3.09. The largest absolute Gasteiger partial charge is 0.264 e. The molecule has 0 nitrogen and oxygen atoms in total. The van der Waals surface area contributed by atoms with Crippen molar-refractivity contribution in [2.45, 2.75) is 18.2 Å². The second kappa shape index (κ2) is 3.90. The van der Waals surface area contributed by atoms with E-state index in [1.54, 1.807) is 6.07 Å². The van der Waals surface area contributed by atoms with Gasteiger partial charge in [-0.3, -0.25) is 0 Å². The molecule has 0 N–H and O–H groups in total. The van der Waals surface area contributed by atoms with E-state index in [4.69, 9.17) is 0 Å². The molecule has 0 fully saturated rings. The third kappa shape index (κ3) is 1.78. The molecule has 0 aliphatic rings. The van der Waals surface area contributed by atoms with E-state index >= 15 is 0 Å². The van der Waals surface area contributed by atoms with Crippen LogP contribution in [0.25, 0.3) is 0 Å². The highest BCUT2D eigenvalue weighted by atomic mass is 32.2. The van der Waals surface area contributed by atoms with Gasteiger partial charge in [0.05, 0.1) is 0 Å². The summed E-state index contributed by atoms with van der Waals surface area (Å²) in [7, 11) is 0. The van der Waals surface area contributed by atoms with E-state index in [9.17, 15) is 8.78 Å². The molecule has 0 saturated carbocycles. The molecule has 0 atom stereocenters. The fraction of sp³-hybridized carbons (Fsp3) is 0.333. The Morgan fingerprint density at radius 1 is 1.33 bits per heavy atom. The van der Waals surface area contributed by atoms with Crippen molar-refractivity contribution in [3.05, 3.63) is 29.3 Å². The molecule has 0 heterocycles. The van der Waals surface area contributed by atoms with Crippen molar-refractivity contribution in [2.75, 3.05) is 6.26 Å². The van der Waals surface area contributed by atoms with Crippen LogP contribution in [0.1, 0.15) is 17.6 Å². The molecule has 1 rings (SSSR count). The molecule has 0 unspecified atom stereocenters. The van der Waals surface area contributed by atoms with E-state index in [2.05, 4.69) is 0 Å². The van der Waals surface area contributed by atoms with Gasteiger partial charge in [-0.05, 0) is 18.7 Å². The maximum atomic E-state index is 12.4. The van der Waals surface area contributed by atoms with Crippen molar-refractivity contribution < 1.29 is 8.78 Å². The number of alkyl halides is 2. The third-order valence-corrected chi connectivity index (χ3v) is 2.65. The van der Waals surface area contributed by atoms with Crippen LogP contribution in [0, 0.1) is 6.92 Å². The molecule has 0 amide bonds. The van der Waals surface area contributed by atoms with Crippen molar-refractivity contribution >= 4 is 11.8 Å². The number of hydrogen-bond acceptors (Lipinski definition) is 1. The van der Waals surface area contributed by atoms with Crippen LogP contribution in [-0.4, -0.2) is 6.26 Å². The zero-order valence-corrected chi connectivity index (χ0v) is 7.79. The highest BCUT2D eigenvalue weighted by Crippen LogP contribution is 2.31. The van der Waals surface area contributed by atoms with Crippen LogP contribution >= 0.6 is 11.8 Å². The van der Waals surface area contributed by atoms with Gasteiger partial charge >= 0.3 is 0 Å². The van der Waals surface area contributed by atoms with Gasteiger partial charge in [-0.15, -0.1) is 11.8 Å². The summed E-state index contributed by atoms with van der Waals surface area (Å²) in [6.07, 6.45) is -0.554. The second-order valence-electron chi connectivity index (χ2n) is 2.50. The lowest BCUT2D eigenvalue weighted by atomic mass is 10.1. The Morgan fingerprint density at radius 3 is 2.42 bits per heavy atom. The van der Waals surface area contributed by atoms with Gasteiger partial charge in [-0.2, -0.15) is 0 Å². The summed E-state index contributed by atoms with van der Waals surface area (Å²) in [6.45, 7) is 1.84. The average Bonchev–Trinajstić information content (AvgIpc) is 2.03. The summed E-state index contributed by atoms with van der Waals surface area (Å²) < 4.78 is 24.8. The molecule has 0 spiro atoms. The number of halogens is 2. The Labute approximate surface area is 75.0 Å². The predicted molar refractivity (Wildman–Crippen MR) is 47.9 cm³/mol. The molecule has 0 aromatic heterocycles. The maximum Gasteiger partial charge on any atom is 0.264 e. The summed E-state index contributed by atoms with van der Waals surface area (Å²) in [5.74, 6) is 0. The minimum atomic E-state index is -2.37. The summed E-state index contributed by atoms with van der Waals surface area (Å²) >= 11 is 1.37. The Balaban J connectivity index is 3.18. The zero-order valence-electron chi connectivity index (χ0n) is 6.97. The molecule has 0 aliphatic carbocycles. The first-order valence-electron chi connectivity index (χ1n) is 3.58. The summed E-state index contributed by atoms with van der Waals surface area (Å²) in [5, 5.41) is 0. The fourth-order valence-corrected chi connectivity index (χ4v) is 1.91. The van der Waals surface area contributed by atoms with Crippen molar-refractivity contribution in [2.24, 2.45) is 0 Å². The fourth-order valence-electron chi connectivity index (χ4n) is 1.13. The molecule has 12 heavy (non-hydrogen) atoms. The normalized spacial score (nSPS) is 10.8. The molecular formula is C9H10F2S. The molecule has 0 saturated heterocycles. The van der Waals surface area contributed by atoms with E-state index < -0.39 is 6.43 Å². The lowest BCUT2D eigenvalue weighted by Gasteiger charge is -2.08. The Hall–Kier alpha value is -0.570. The molecule has 1 aromatic rings. The molecule has 1 aromatic carbocycles. The van der Waals surface area contributed by atoms with Gasteiger partial charge in [0.25, 0.3) is 6.43 Å². The smallest absolute Gasteiger partial charge is 0.205 e. The summed E-state index contributed by atoms with van der Waals surface area (Å²) in [4.78, 5) is 0.701. The van der Waals surface area contributed by atoms with Crippen molar-refractivity contribution in [1.82, 2.24) is 0 Å². The monoisotopic (exact) mass is 188 g/mol. The van der Waals surface area contributed by atoms with Crippen LogP contribution in [0.2, 0.25) is 0 Å². The molecular weight excluding hydrogens is 178 g/mol. The number of rotatable bonds is 2.